The molecule has 5 nitrogen and oxygen atoms in total. The number of hydrogen-bond donors (Lipinski definition) is 0. The molecule has 0 saturated carbocycles. The largest absolute Gasteiger partial charge is 0.467 e. The minimum absolute atomic E-state index is 0.0428. The van der Waals surface area contributed by atoms with Crippen molar-refractivity contribution in [2.45, 2.75) is 12.1 Å². The number of anilines is 1. The van der Waals surface area contributed by atoms with E-state index >= 15 is 0 Å². The van der Waals surface area contributed by atoms with Crippen molar-refractivity contribution in [2.75, 3.05) is 4.90 Å². The fraction of sp³-hybridized carbons (Fsp3) is 0.0750. The Bertz CT molecular complexity index is 2350. The van der Waals surface area contributed by atoms with Crippen LogP contribution in [0.25, 0.3) is 44.5 Å². The summed E-state index contributed by atoms with van der Waals surface area (Å²) < 4.78 is 18.2. The molecule has 5 heteroatoms. The fourth-order valence-corrected chi connectivity index (χ4v) is 7.63. The number of aromatic nitrogens is 2. The summed E-state index contributed by atoms with van der Waals surface area (Å²) in [5.74, 6) is 2.61. The van der Waals surface area contributed by atoms with Gasteiger partial charge in [0.2, 0.25) is 0 Å². The number of rotatable bonds is 3. The quantitative estimate of drug-likeness (QED) is 0.195. The molecular weight excluding hydrogens is 554 g/mol. The topological polar surface area (TPSA) is 30.5 Å². The highest BCUT2D eigenvalue weighted by atomic mass is 16.5. The number of benzene rings is 5. The van der Waals surface area contributed by atoms with E-state index < -0.39 is 0 Å². The van der Waals surface area contributed by atoms with Gasteiger partial charge in [0.1, 0.15) is 28.5 Å². The van der Waals surface area contributed by atoms with E-state index in [0.717, 1.165) is 45.4 Å². The monoisotopic (exact) mass is 582 g/mol. The highest BCUT2D eigenvalue weighted by molar-refractivity contribution is 6.07. The van der Waals surface area contributed by atoms with Gasteiger partial charge in [-0.3, -0.25) is 0 Å². The second kappa shape index (κ2) is 9.10. The van der Waals surface area contributed by atoms with Gasteiger partial charge in [0.05, 0.1) is 42.0 Å². The summed E-state index contributed by atoms with van der Waals surface area (Å²) in [4.78, 5) is 2.30. The van der Waals surface area contributed by atoms with Crippen LogP contribution in [0.4, 0.5) is 5.69 Å². The lowest BCUT2D eigenvalue weighted by Gasteiger charge is -2.29. The molecule has 0 saturated heterocycles. The highest BCUT2D eigenvalue weighted by Gasteiger charge is 2.50. The van der Waals surface area contributed by atoms with E-state index in [1.807, 2.05) is 6.07 Å². The molecule has 0 amide bonds. The third-order valence-corrected chi connectivity index (χ3v) is 9.58. The first-order valence-electron chi connectivity index (χ1n) is 15.4. The molecule has 3 aliphatic heterocycles. The molecule has 5 heterocycles. The number of ether oxygens (including phenoxy) is 2. The number of fused-ring (bicyclic) bond motifs is 8. The maximum atomic E-state index is 6.94. The summed E-state index contributed by atoms with van der Waals surface area (Å²) in [6.45, 7) is 0. The lowest BCUT2D eigenvalue weighted by Crippen LogP contribution is -2.31. The Morgan fingerprint density at radius 2 is 1.27 bits per heavy atom. The zero-order valence-corrected chi connectivity index (χ0v) is 24.6. The Balaban J connectivity index is 1.14. The van der Waals surface area contributed by atoms with E-state index in [0.29, 0.717) is 0 Å². The van der Waals surface area contributed by atoms with Crippen molar-refractivity contribution < 1.29 is 14.0 Å². The van der Waals surface area contributed by atoms with Crippen LogP contribution in [-0.4, -0.2) is 10.8 Å². The van der Waals surface area contributed by atoms with Gasteiger partial charge in [-0.1, -0.05) is 78.9 Å². The molecule has 5 aromatic carbocycles. The predicted molar refractivity (Wildman–Crippen MR) is 178 cm³/mol. The molecule has 0 radical (unpaired) electrons. The molecule has 2 unspecified atom stereocenters. The standard InChI is InChI=1S/C40H28N3O2/c1-41-23-9-13-29-28-12-5-6-14-30(28)43(39(29)41)32-16-8-18-34-37(32)38-36-31(15-7-17-33(36)44-34)42-24-35(45-40(38)42)27-21-19-26(20-22-27)25-10-3-2-4-11-25/h2-24,38,40H,1H3/q+1. The van der Waals surface area contributed by atoms with Gasteiger partial charge in [0.15, 0.2) is 6.23 Å². The third kappa shape index (κ3) is 3.41. The van der Waals surface area contributed by atoms with Crippen molar-refractivity contribution in [2.24, 2.45) is 7.05 Å². The molecule has 0 N–H and O–H groups in total. The summed E-state index contributed by atoms with van der Waals surface area (Å²) in [6, 6.07) is 44.9. The maximum Gasteiger partial charge on any atom is 0.294 e. The van der Waals surface area contributed by atoms with Crippen molar-refractivity contribution in [3.05, 3.63) is 156 Å². The lowest BCUT2D eigenvalue weighted by molar-refractivity contribution is -0.647. The maximum absolute atomic E-state index is 6.94. The minimum atomic E-state index is -0.226. The summed E-state index contributed by atoms with van der Waals surface area (Å²) in [5.41, 5.74) is 10.3. The van der Waals surface area contributed by atoms with Gasteiger partial charge in [-0.05, 0) is 59.7 Å². The van der Waals surface area contributed by atoms with Crippen LogP contribution in [-0.2, 0) is 11.8 Å². The normalized spacial score (nSPS) is 17.4. The van der Waals surface area contributed by atoms with Gasteiger partial charge in [-0.25, -0.2) is 4.57 Å². The van der Waals surface area contributed by atoms with Crippen molar-refractivity contribution in [3.8, 4) is 28.3 Å². The third-order valence-electron chi connectivity index (χ3n) is 9.58. The zero-order valence-electron chi connectivity index (χ0n) is 24.6. The first-order valence-corrected chi connectivity index (χ1v) is 15.4. The second-order valence-corrected chi connectivity index (χ2v) is 12.0. The zero-order chi connectivity index (χ0) is 29.6. The summed E-state index contributed by atoms with van der Waals surface area (Å²) in [7, 11) is 2.12. The number of pyridine rings is 1. The number of nitrogens with zero attached hydrogens (tertiary/aromatic N) is 3. The SMILES string of the molecule is C[n+]1cccc2c3ccccc3n(-c3cccc4c3C3c5c(cccc5N5C=C(c6ccc(-c7ccccc7)cc6)OC35)O4)c21. The van der Waals surface area contributed by atoms with Crippen LogP contribution in [0.3, 0.4) is 0 Å². The summed E-state index contributed by atoms with van der Waals surface area (Å²) in [6.07, 6.45) is 4.06. The summed E-state index contributed by atoms with van der Waals surface area (Å²) in [5, 5.41) is 2.45. The van der Waals surface area contributed by atoms with Crippen molar-refractivity contribution >= 4 is 33.4 Å². The van der Waals surface area contributed by atoms with Crippen LogP contribution in [0.15, 0.2) is 140 Å². The lowest BCUT2D eigenvalue weighted by atomic mass is 9.87. The van der Waals surface area contributed by atoms with Gasteiger partial charge in [0.25, 0.3) is 5.65 Å². The van der Waals surface area contributed by atoms with Crippen LogP contribution in [0.1, 0.15) is 22.6 Å². The van der Waals surface area contributed by atoms with E-state index in [9.17, 15) is 0 Å². The Labute approximate surface area is 260 Å². The summed E-state index contributed by atoms with van der Waals surface area (Å²) >= 11 is 0. The predicted octanol–water partition coefficient (Wildman–Crippen LogP) is 8.69. The number of hydrogen-bond acceptors (Lipinski definition) is 3. The molecule has 7 aromatic rings. The van der Waals surface area contributed by atoms with E-state index in [-0.39, 0.29) is 12.1 Å². The molecule has 10 rings (SSSR count). The van der Waals surface area contributed by atoms with E-state index in [2.05, 4.69) is 155 Å². The Morgan fingerprint density at radius 3 is 2.09 bits per heavy atom. The van der Waals surface area contributed by atoms with Gasteiger partial charge in [-0.2, -0.15) is 4.57 Å². The van der Waals surface area contributed by atoms with Gasteiger partial charge in [0, 0.05) is 16.5 Å². The van der Waals surface area contributed by atoms with Crippen molar-refractivity contribution in [1.82, 2.24) is 4.57 Å². The molecule has 2 aromatic heterocycles. The van der Waals surface area contributed by atoms with E-state index in [4.69, 9.17) is 9.47 Å². The smallest absolute Gasteiger partial charge is 0.294 e. The van der Waals surface area contributed by atoms with Crippen LogP contribution < -0.4 is 14.2 Å². The molecule has 0 bridgehead atoms. The van der Waals surface area contributed by atoms with Crippen molar-refractivity contribution in [3.63, 3.8) is 0 Å². The van der Waals surface area contributed by atoms with Crippen LogP contribution in [0, 0.1) is 0 Å². The minimum Gasteiger partial charge on any atom is -0.467 e. The Hall–Kier alpha value is -5.81. The average Bonchev–Trinajstić information content (AvgIpc) is 3.76. The van der Waals surface area contributed by atoms with Crippen LogP contribution in [0.5, 0.6) is 11.5 Å². The number of para-hydroxylation sites is 1. The van der Waals surface area contributed by atoms with E-state index in [1.165, 1.54) is 33.0 Å². The average molecular weight is 583 g/mol. The van der Waals surface area contributed by atoms with Gasteiger partial charge in [-0.15, -0.1) is 0 Å². The van der Waals surface area contributed by atoms with Crippen LogP contribution >= 0.6 is 0 Å². The molecule has 45 heavy (non-hydrogen) atoms. The van der Waals surface area contributed by atoms with Gasteiger partial charge < -0.3 is 14.4 Å². The van der Waals surface area contributed by atoms with Crippen LogP contribution in [0.2, 0.25) is 0 Å². The molecule has 2 atom stereocenters. The molecule has 214 valence electrons. The molecule has 3 aliphatic rings. The van der Waals surface area contributed by atoms with E-state index in [1.54, 1.807) is 0 Å². The molecular formula is C40H28N3O2+. The highest BCUT2D eigenvalue weighted by Crippen LogP contribution is 2.59. The first-order chi connectivity index (χ1) is 22.2. The molecule has 0 fully saturated rings. The Kier molecular flexibility index (Phi) is 4.98. The first kappa shape index (κ1) is 24.6. The number of aryl methyl sites for hydroxylation is 1. The fourth-order valence-electron chi connectivity index (χ4n) is 7.63. The second-order valence-electron chi connectivity index (χ2n) is 12.0. The van der Waals surface area contributed by atoms with Crippen molar-refractivity contribution in [1.29, 1.82) is 0 Å². The molecule has 0 aliphatic carbocycles. The Morgan fingerprint density at radius 1 is 0.600 bits per heavy atom. The molecule has 0 spiro atoms. The van der Waals surface area contributed by atoms with Gasteiger partial charge >= 0.3 is 0 Å².